The minimum absolute atomic E-state index is 0.748. The molecule has 0 unspecified atom stereocenters. The van der Waals surface area contributed by atoms with Crippen molar-refractivity contribution in [1.82, 2.24) is 0 Å². The number of hydrogen-bond donors (Lipinski definition) is 0. The van der Waals surface area contributed by atoms with Crippen molar-refractivity contribution < 1.29 is 0 Å². The molecular formula is C22H26. The summed E-state index contributed by atoms with van der Waals surface area (Å²) >= 11 is 0. The van der Waals surface area contributed by atoms with Crippen LogP contribution in [0.4, 0.5) is 0 Å². The van der Waals surface area contributed by atoms with Crippen LogP contribution in [0.3, 0.4) is 0 Å². The molecule has 2 aliphatic carbocycles. The van der Waals surface area contributed by atoms with Crippen molar-refractivity contribution in [2.75, 3.05) is 0 Å². The van der Waals surface area contributed by atoms with E-state index in [1.54, 1.807) is 22.3 Å². The molecule has 0 saturated heterocycles. The Morgan fingerprint density at radius 1 is 0.591 bits per heavy atom. The lowest BCUT2D eigenvalue weighted by atomic mass is 9.66. The van der Waals surface area contributed by atoms with Crippen molar-refractivity contribution in [2.45, 2.75) is 63.2 Å². The van der Waals surface area contributed by atoms with Crippen LogP contribution in [0.2, 0.25) is 0 Å². The van der Waals surface area contributed by atoms with E-state index in [0.717, 1.165) is 11.8 Å². The van der Waals surface area contributed by atoms with Gasteiger partial charge in [0.15, 0.2) is 0 Å². The predicted octanol–water partition coefficient (Wildman–Crippen LogP) is 6.01. The number of aryl methyl sites for hydroxylation is 2. The van der Waals surface area contributed by atoms with Crippen LogP contribution in [0.25, 0.3) is 0 Å². The molecule has 2 atom stereocenters. The molecule has 2 aliphatic rings. The molecule has 0 nitrogen and oxygen atoms in total. The summed E-state index contributed by atoms with van der Waals surface area (Å²) < 4.78 is 0. The van der Waals surface area contributed by atoms with Crippen LogP contribution in [0.1, 0.15) is 72.6 Å². The minimum atomic E-state index is 0.748. The third-order valence-corrected chi connectivity index (χ3v) is 5.71. The van der Waals surface area contributed by atoms with E-state index in [2.05, 4.69) is 48.5 Å². The maximum Gasteiger partial charge on any atom is -0.00928 e. The summed E-state index contributed by atoms with van der Waals surface area (Å²) in [7, 11) is 0. The lowest BCUT2D eigenvalue weighted by Gasteiger charge is -2.38. The van der Waals surface area contributed by atoms with E-state index in [1.807, 2.05) is 0 Å². The van der Waals surface area contributed by atoms with Crippen LogP contribution >= 0.6 is 0 Å². The zero-order valence-corrected chi connectivity index (χ0v) is 13.4. The van der Waals surface area contributed by atoms with Gasteiger partial charge in [-0.05, 0) is 72.6 Å². The van der Waals surface area contributed by atoms with Gasteiger partial charge < -0.3 is 0 Å². The molecule has 1 saturated carbocycles. The monoisotopic (exact) mass is 290 g/mol. The normalized spacial score (nSPS) is 24.7. The molecule has 1 fully saturated rings. The van der Waals surface area contributed by atoms with Gasteiger partial charge in [0.25, 0.3) is 0 Å². The van der Waals surface area contributed by atoms with Gasteiger partial charge in [0.05, 0.1) is 0 Å². The van der Waals surface area contributed by atoms with Gasteiger partial charge in [-0.3, -0.25) is 0 Å². The number of benzene rings is 2. The summed E-state index contributed by atoms with van der Waals surface area (Å²) in [6, 6.07) is 18.9. The largest absolute Gasteiger partial charge is 0.0617 e. The third kappa shape index (κ3) is 2.84. The van der Waals surface area contributed by atoms with Gasteiger partial charge in [0.1, 0.15) is 0 Å². The van der Waals surface area contributed by atoms with Gasteiger partial charge in [-0.1, -0.05) is 61.4 Å². The van der Waals surface area contributed by atoms with Crippen LogP contribution in [0.15, 0.2) is 48.5 Å². The molecule has 4 bridgehead atoms. The molecule has 4 rings (SSSR count). The molecule has 2 aromatic rings. The Kier molecular flexibility index (Phi) is 4.01. The summed E-state index contributed by atoms with van der Waals surface area (Å²) in [6.45, 7) is 0. The average molecular weight is 290 g/mol. The quantitative estimate of drug-likeness (QED) is 0.557. The van der Waals surface area contributed by atoms with Crippen molar-refractivity contribution >= 4 is 0 Å². The molecule has 0 radical (unpaired) electrons. The first-order valence-electron chi connectivity index (χ1n) is 9.08. The zero-order chi connectivity index (χ0) is 14.8. The van der Waals surface area contributed by atoms with Crippen LogP contribution < -0.4 is 0 Å². The second kappa shape index (κ2) is 6.28. The van der Waals surface area contributed by atoms with Crippen LogP contribution in [0.5, 0.6) is 0 Å². The van der Waals surface area contributed by atoms with Crippen LogP contribution in [0, 0.1) is 0 Å². The fraction of sp³-hybridized carbons (Fsp3) is 0.455. The zero-order valence-electron chi connectivity index (χ0n) is 13.4. The van der Waals surface area contributed by atoms with Gasteiger partial charge in [0.2, 0.25) is 0 Å². The molecule has 0 aliphatic heterocycles. The lowest BCUT2D eigenvalue weighted by molar-refractivity contribution is 0.346. The van der Waals surface area contributed by atoms with E-state index >= 15 is 0 Å². The fourth-order valence-corrected chi connectivity index (χ4v) is 4.27. The summed E-state index contributed by atoms with van der Waals surface area (Å²) in [6.07, 6.45) is 10.7. The van der Waals surface area contributed by atoms with Crippen molar-refractivity contribution in [2.24, 2.45) is 0 Å². The first-order valence-corrected chi connectivity index (χ1v) is 9.08. The minimum Gasteiger partial charge on any atom is -0.0617 e. The Bertz CT molecular complexity index is 582. The molecule has 2 aromatic carbocycles. The molecule has 114 valence electrons. The highest BCUT2D eigenvalue weighted by molar-refractivity contribution is 5.36. The molecule has 0 N–H and O–H groups in total. The van der Waals surface area contributed by atoms with E-state index in [1.165, 1.54) is 51.4 Å². The maximum atomic E-state index is 2.49. The summed E-state index contributed by atoms with van der Waals surface area (Å²) in [5.41, 5.74) is 6.26. The smallest absolute Gasteiger partial charge is 0.00928 e. The first kappa shape index (κ1) is 14.1. The fourth-order valence-electron chi connectivity index (χ4n) is 4.27. The second-order valence-electron chi connectivity index (χ2n) is 7.19. The Balaban J connectivity index is 1.67. The van der Waals surface area contributed by atoms with Gasteiger partial charge in [0, 0.05) is 0 Å². The highest BCUT2D eigenvalue weighted by Gasteiger charge is 2.33. The number of rotatable bonds is 0. The molecule has 0 aromatic heterocycles. The lowest BCUT2D eigenvalue weighted by Crippen LogP contribution is -2.22. The van der Waals surface area contributed by atoms with Crippen molar-refractivity contribution in [3.63, 3.8) is 0 Å². The average Bonchev–Trinajstić information content (AvgIpc) is 2.50. The van der Waals surface area contributed by atoms with Gasteiger partial charge in [-0.25, -0.2) is 0 Å². The predicted molar refractivity (Wildman–Crippen MR) is 93.5 cm³/mol. The van der Waals surface area contributed by atoms with Gasteiger partial charge in [-0.2, -0.15) is 0 Å². The molecule has 0 amide bonds. The van der Waals surface area contributed by atoms with E-state index in [0.29, 0.717) is 0 Å². The molecule has 0 heteroatoms. The number of hydrogen-bond acceptors (Lipinski definition) is 0. The van der Waals surface area contributed by atoms with Crippen molar-refractivity contribution in [1.29, 1.82) is 0 Å². The molecule has 0 spiro atoms. The third-order valence-electron chi connectivity index (χ3n) is 5.71. The van der Waals surface area contributed by atoms with E-state index < -0.39 is 0 Å². The topological polar surface area (TPSA) is 0 Å². The second-order valence-corrected chi connectivity index (χ2v) is 7.19. The maximum absolute atomic E-state index is 2.49. The number of fused-ring (bicyclic) bond motifs is 7. The summed E-state index contributed by atoms with van der Waals surface area (Å²) in [5.74, 6) is 1.50. The highest BCUT2D eigenvalue weighted by atomic mass is 14.4. The Hall–Kier alpha value is -1.56. The standard InChI is InChI=1S/C22H26/c1-2-4-8-18-10-6-12-20(16-18)22-14-13-21(22)19-11-5-9-17(15-19)7-3-1/h5-6,9-12,15-16,21-22H,1-4,7-8,13-14H2/t21-,22+. The first-order chi connectivity index (χ1) is 10.9. The SMILES string of the molecule is c1cc2cc(c1)[C@H]1CC[C@H]1c1cccc(c1)CCCCCC2. The van der Waals surface area contributed by atoms with E-state index in [9.17, 15) is 0 Å². The van der Waals surface area contributed by atoms with Gasteiger partial charge in [-0.15, -0.1) is 0 Å². The van der Waals surface area contributed by atoms with Crippen molar-refractivity contribution in [3.05, 3.63) is 70.8 Å². The Morgan fingerprint density at radius 3 is 1.55 bits per heavy atom. The summed E-state index contributed by atoms with van der Waals surface area (Å²) in [5, 5.41) is 0. The molecular weight excluding hydrogens is 264 g/mol. The highest BCUT2D eigenvalue weighted by Crippen LogP contribution is 2.49. The Morgan fingerprint density at radius 2 is 1.09 bits per heavy atom. The van der Waals surface area contributed by atoms with E-state index in [4.69, 9.17) is 0 Å². The van der Waals surface area contributed by atoms with Crippen molar-refractivity contribution in [3.8, 4) is 0 Å². The van der Waals surface area contributed by atoms with E-state index in [-0.39, 0.29) is 0 Å². The molecule has 0 heterocycles. The van der Waals surface area contributed by atoms with Crippen LogP contribution in [-0.4, -0.2) is 0 Å². The molecule has 22 heavy (non-hydrogen) atoms. The summed E-state index contributed by atoms with van der Waals surface area (Å²) in [4.78, 5) is 0. The van der Waals surface area contributed by atoms with Crippen LogP contribution in [-0.2, 0) is 12.8 Å². The van der Waals surface area contributed by atoms with Gasteiger partial charge >= 0.3 is 0 Å². The Labute approximate surface area is 134 Å².